The molecule has 6 nitrogen and oxygen atoms in total. The van der Waals surface area contributed by atoms with Crippen molar-refractivity contribution < 1.29 is 14.3 Å². The number of aromatic nitrogens is 3. The Bertz CT molecular complexity index is 1870. The van der Waals surface area contributed by atoms with Crippen molar-refractivity contribution in [3.8, 4) is 11.3 Å². The summed E-state index contributed by atoms with van der Waals surface area (Å²) >= 11 is 6.31. The van der Waals surface area contributed by atoms with Gasteiger partial charge in [-0.25, -0.2) is 9.78 Å². The van der Waals surface area contributed by atoms with Gasteiger partial charge in [-0.15, -0.1) is 0 Å². The van der Waals surface area contributed by atoms with E-state index in [1.807, 2.05) is 66.7 Å². The molecule has 7 heteroatoms. The average Bonchev–Trinajstić information content (AvgIpc) is 3.45. The molecule has 182 valence electrons. The van der Waals surface area contributed by atoms with Gasteiger partial charge < -0.3 is 9.30 Å². The van der Waals surface area contributed by atoms with Crippen LogP contribution in [0.2, 0.25) is 5.02 Å². The van der Waals surface area contributed by atoms with E-state index in [9.17, 15) is 9.59 Å². The molecule has 3 heterocycles. The summed E-state index contributed by atoms with van der Waals surface area (Å²) in [5.41, 5.74) is 5.24. The number of halogens is 1. The van der Waals surface area contributed by atoms with E-state index in [0.29, 0.717) is 17.3 Å². The average molecular weight is 508 g/mol. The van der Waals surface area contributed by atoms with Gasteiger partial charge in [0.15, 0.2) is 0 Å². The lowest BCUT2D eigenvalue weighted by molar-refractivity contribution is 0.0594. The van der Waals surface area contributed by atoms with Crippen molar-refractivity contribution in [1.29, 1.82) is 0 Å². The topological polar surface area (TPSA) is 66.1 Å². The van der Waals surface area contributed by atoms with E-state index in [2.05, 4.69) is 10.6 Å². The highest BCUT2D eigenvalue weighted by atomic mass is 35.5. The fraction of sp³-hybridized carbons (Fsp3) is 0.100. The second-order valence-corrected chi connectivity index (χ2v) is 9.36. The summed E-state index contributed by atoms with van der Waals surface area (Å²) in [6, 6.07) is 25.3. The molecule has 0 aliphatic rings. The molecule has 0 spiro atoms. The molecule has 6 rings (SSSR count). The van der Waals surface area contributed by atoms with E-state index in [1.54, 1.807) is 16.8 Å². The second kappa shape index (κ2) is 8.91. The number of nitrogens with zero attached hydrogens (tertiary/aromatic N) is 3. The van der Waals surface area contributed by atoms with Crippen LogP contribution in [-0.2, 0) is 11.3 Å². The minimum Gasteiger partial charge on any atom is -0.464 e. The van der Waals surface area contributed by atoms with Crippen molar-refractivity contribution in [3.63, 3.8) is 0 Å². The zero-order valence-electron chi connectivity index (χ0n) is 20.2. The van der Waals surface area contributed by atoms with E-state index >= 15 is 0 Å². The Labute approximate surface area is 217 Å². The largest absolute Gasteiger partial charge is 0.464 e. The van der Waals surface area contributed by atoms with Gasteiger partial charge in [0.2, 0.25) is 5.91 Å². The predicted molar refractivity (Wildman–Crippen MR) is 146 cm³/mol. The minimum atomic E-state index is -0.523. The monoisotopic (exact) mass is 507 g/mol. The van der Waals surface area contributed by atoms with Gasteiger partial charge >= 0.3 is 5.97 Å². The third-order valence-corrected chi connectivity index (χ3v) is 6.91. The van der Waals surface area contributed by atoms with Crippen molar-refractivity contribution >= 4 is 56.2 Å². The van der Waals surface area contributed by atoms with Crippen LogP contribution in [0, 0.1) is 0 Å². The normalized spacial score (nSPS) is 11.4. The molecule has 3 aromatic heterocycles. The van der Waals surface area contributed by atoms with Crippen LogP contribution in [0.25, 0.3) is 44.0 Å². The Hall–Kier alpha value is -4.42. The summed E-state index contributed by atoms with van der Waals surface area (Å²) in [6.45, 7) is 2.07. The maximum absolute atomic E-state index is 12.7. The standard InChI is InChI=1S/C30H22ClN3O3/c1-18(35)33-17-24(22-11-4-5-12-26(22)33)28-29-23(15-25(32-28)30(36)37-2)21-10-3-6-13-27(21)34(29)16-19-8-7-9-20(31)14-19/h3-15,17H,16H2,1-2H3. The Balaban J connectivity index is 1.76. The number of para-hydroxylation sites is 2. The zero-order valence-corrected chi connectivity index (χ0v) is 21.0. The number of ether oxygens (including phenoxy) is 1. The molecule has 0 aliphatic carbocycles. The van der Waals surface area contributed by atoms with Crippen LogP contribution in [0.15, 0.2) is 85.1 Å². The van der Waals surface area contributed by atoms with Crippen molar-refractivity contribution in [2.45, 2.75) is 13.5 Å². The number of methoxy groups -OCH3 is 1. The molecule has 0 saturated heterocycles. The molecule has 0 saturated carbocycles. The molecule has 0 amide bonds. The van der Waals surface area contributed by atoms with Gasteiger partial charge in [-0.3, -0.25) is 9.36 Å². The molecule has 37 heavy (non-hydrogen) atoms. The summed E-state index contributed by atoms with van der Waals surface area (Å²) in [6.07, 6.45) is 1.80. The zero-order chi connectivity index (χ0) is 25.7. The SMILES string of the molecule is COC(=O)c1cc2c3ccccc3n(Cc3cccc(Cl)c3)c2c(-c2cn(C(C)=O)c3ccccc23)n1. The Morgan fingerprint density at radius 2 is 1.62 bits per heavy atom. The Morgan fingerprint density at radius 1 is 0.892 bits per heavy atom. The Kier molecular flexibility index (Phi) is 5.54. The highest BCUT2D eigenvalue weighted by Crippen LogP contribution is 2.39. The van der Waals surface area contributed by atoms with E-state index in [0.717, 1.165) is 43.8 Å². The van der Waals surface area contributed by atoms with Crippen LogP contribution in [-0.4, -0.2) is 33.1 Å². The van der Waals surface area contributed by atoms with E-state index < -0.39 is 5.97 Å². The first-order chi connectivity index (χ1) is 18.0. The maximum Gasteiger partial charge on any atom is 0.356 e. The van der Waals surface area contributed by atoms with Gasteiger partial charge in [0.05, 0.1) is 23.8 Å². The number of pyridine rings is 1. The first-order valence-corrected chi connectivity index (χ1v) is 12.2. The first-order valence-electron chi connectivity index (χ1n) is 11.8. The smallest absolute Gasteiger partial charge is 0.356 e. The van der Waals surface area contributed by atoms with E-state index in [1.165, 1.54) is 14.0 Å². The number of hydrogen-bond acceptors (Lipinski definition) is 4. The lowest BCUT2D eigenvalue weighted by Crippen LogP contribution is -2.07. The number of esters is 1. The number of carbonyl (C=O) groups excluding carboxylic acids is 2. The van der Waals surface area contributed by atoms with Crippen molar-refractivity contribution in [2.75, 3.05) is 7.11 Å². The molecule has 3 aromatic carbocycles. The molecule has 0 N–H and O–H groups in total. The van der Waals surface area contributed by atoms with Gasteiger partial charge in [0, 0.05) is 51.9 Å². The summed E-state index contributed by atoms with van der Waals surface area (Å²) in [4.78, 5) is 30.1. The van der Waals surface area contributed by atoms with Crippen molar-refractivity contribution in [2.24, 2.45) is 0 Å². The number of rotatable bonds is 4. The number of carbonyl (C=O) groups is 2. The highest BCUT2D eigenvalue weighted by molar-refractivity contribution is 6.30. The summed E-state index contributed by atoms with van der Waals surface area (Å²) in [5, 5.41) is 3.40. The number of hydrogen-bond donors (Lipinski definition) is 0. The molecular weight excluding hydrogens is 486 g/mol. The van der Waals surface area contributed by atoms with Crippen LogP contribution in [0.1, 0.15) is 27.8 Å². The summed E-state index contributed by atoms with van der Waals surface area (Å²) < 4.78 is 8.86. The molecule has 0 radical (unpaired) electrons. The van der Waals surface area contributed by atoms with E-state index in [-0.39, 0.29) is 11.6 Å². The fourth-order valence-electron chi connectivity index (χ4n) is 5.08. The van der Waals surface area contributed by atoms with Crippen LogP contribution in [0.4, 0.5) is 0 Å². The molecule has 0 atom stereocenters. The lowest BCUT2D eigenvalue weighted by atomic mass is 10.1. The maximum atomic E-state index is 12.7. The van der Waals surface area contributed by atoms with Crippen LogP contribution in [0.3, 0.4) is 0 Å². The van der Waals surface area contributed by atoms with Gasteiger partial charge in [0.1, 0.15) is 5.69 Å². The molecule has 0 fully saturated rings. The first kappa shape index (κ1) is 23.0. The third-order valence-electron chi connectivity index (χ3n) is 6.68. The highest BCUT2D eigenvalue weighted by Gasteiger charge is 2.23. The molecule has 0 aliphatic heterocycles. The second-order valence-electron chi connectivity index (χ2n) is 8.93. The quantitative estimate of drug-likeness (QED) is 0.242. The lowest BCUT2D eigenvalue weighted by Gasteiger charge is -2.12. The van der Waals surface area contributed by atoms with Crippen LogP contribution < -0.4 is 0 Å². The van der Waals surface area contributed by atoms with E-state index in [4.69, 9.17) is 21.3 Å². The number of benzene rings is 3. The van der Waals surface area contributed by atoms with Crippen LogP contribution >= 0.6 is 11.6 Å². The molecule has 0 bridgehead atoms. The third kappa shape index (κ3) is 3.77. The molecule has 6 aromatic rings. The van der Waals surface area contributed by atoms with Gasteiger partial charge in [0.25, 0.3) is 0 Å². The van der Waals surface area contributed by atoms with Gasteiger partial charge in [-0.05, 0) is 35.9 Å². The van der Waals surface area contributed by atoms with Crippen LogP contribution in [0.5, 0.6) is 0 Å². The van der Waals surface area contributed by atoms with Gasteiger partial charge in [-0.2, -0.15) is 0 Å². The molecule has 0 unspecified atom stereocenters. The van der Waals surface area contributed by atoms with Crippen molar-refractivity contribution in [3.05, 3.63) is 101 Å². The van der Waals surface area contributed by atoms with Gasteiger partial charge in [-0.1, -0.05) is 60.1 Å². The van der Waals surface area contributed by atoms with Crippen molar-refractivity contribution in [1.82, 2.24) is 14.1 Å². The number of fused-ring (bicyclic) bond motifs is 4. The summed E-state index contributed by atoms with van der Waals surface area (Å²) in [5.74, 6) is -0.632. The predicted octanol–water partition coefficient (Wildman–Crippen LogP) is 6.96. The Morgan fingerprint density at radius 3 is 2.35 bits per heavy atom. The summed E-state index contributed by atoms with van der Waals surface area (Å²) in [7, 11) is 1.35. The fourth-order valence-corrected chi connectivity index (χ4v) is 5.29. The minimum absolute atomic E-state index is 0.109. The molecular formula is C30H22ClN3O3.